The van der Waals surface area contributed by atoms with Crippen LogP contribution in [-0.4, -0.2) is 36.1 Å². The Morgan fingerprint density at radius 2 is 1.60 bits per heavy atom. The monoisotopic (exact) mass is 339 g/mol. The average molecular weight is 340 g/mol. The van der Waals surface area contributed by atoms with Gasteiger partial charge in [-0.3, -0.25) is 0 Å². The van der Waals surface area contributed by atoms with Crippen LogP contribution in [0.3, 0.4) is 0 Å². The Kier molecular flexibility index (Phi) is 4.41. The van der Waals surface area contributed by atoms with Gasteiger partial charge in [0.2, 0.25) is 10.0 Å². The molecule has 0 saturated heterocycles. The summed E-state index contributed by atoms with van der Waals surface area (Å²) in [5, 5.41) is 0. The first kappa shape index (κ1) is 15.7. The predicted octanol–water partition coefficient (Wildman–Crippen LogP) is 1.07. The molecule has 1 saturated carbocycles. The highest BCUT2D eigenvalue weighted by Crippen LogP contribution is 2.25. The van der Waals surface area contributed by atoms with E-state index < -0.39 is 19.1 Å². The quantitative estimate of drug-likeness (QED) is 0.810. The van der Waals surface area contributed by atoms with Crippen molar-refractivity contribution in [3.05, 3.63) is 24.3 Å². The summed E-state index contributed by atoms with van der Waals surface area (Å²) < 4.78 is 53.9. The minimum atomic E-state index is -3.85. The number of sulfonamides is 1. The van der Waals surface area contributed by atoms with Crippen molar-refractivity contribution >= 4 is 29.8 Å². The molecule has 20 heavy (non-hydrogen) atoms. The summed E-state index contributed by atoms with van der Waals surface area (Å²) in [4.78, 5) is -0.136. The fourth-order valence-corrected chi connectivity index (χ4v) is 3.95. The maximum atomic E-state index is 12.1. The smallest absolute Gasteiger partial charge is 0.261 e. The fraction of sp³-hybridized carbons (Fsp3) is 0.455. The highest BCUT2D eigenvalue weighted by molar-refractivity contribution is 8.13. The zero-order chi connectivity index (χ0) is 15.0. The number of hydrogen-bond acceptors (Lipinski definition) is 5. The molecule has 112 valence electrons. The van der Waals surface area contributed by atoms with Gasteiger partial charge in [0.15, 0.2) is 0 Å². The molecule has 0 atom stereocenters. The van der Waals surface area contributed by atoms with Crippen LogP contribution >= 0.6 is 10.7 Å². The molecule has 1 aromatic rings. The van der Waals surface area contributed by atoms with Crippen LogP contribution in [0.4, 0.5) is 0 Å². The molecule has 1 aliphatic carbocycles. The molecule has 0 bridgehead atoms. The Balaban J connectivity index is 2.10. The zero-order valence-electron chi connectivity index (χ0n) is 10.6. The lowest BCUT2D eigenvalue weighted by atomic mass is 9.90. The SMILES string of the molecule is COC1CC(NS(=O)(=O)c2ccc(S(=O)(=O)Cl)cc2)C1. The lowest BCUT2D eigenvalue weighted by molar-refractivity contribution is 0.0236. The first-order valence-electron chi connectivity index (χ1n) is 5.82. The van der Waals surface area contributed by atoms with Crippen LogP contribution in [0.25, 0.3) is 0 Å². The number of benzene rings is 1. The van der Waals surface area contributed by atoms with Crippen LogP contribution in [0.5, 0.6) is 0 Å². The summed E-state index contributed by atoms with van der Waals surface area (Å²) in [5.74, 6) is 0. The summed E-state index contributed by atoms with van der Waals surface area (Å²) in [6, 6.07) is 4.60. The van der Waals surface area contributed by atoms with E-state index in [1.165, 1.54) is 12.1 Å². The topological polar surface area (TPSA) is 89.5 Å². The first-order chi connectivity index (χ1) is 9.22. The molecule has 1 aliphatic rings. The third kappa shape index (κ3) is 3.50. The Morgan fingerprint density at radius 1 is 1.10 bits per heavy atom. The van der Waals surface area contributed by atoms with Crippen molar-refractivity contribution in [2.75, 3.05) is 7.11 Å². The summed E-state index contributed by atoms with van der Waals surface area (Å²) in [7, 11) is -0.759. The maximum Gasteiger partial charge on any atom is 0.261 e. The molecule has 0 aliphatic heterocycles. The van der Waals surface area contributed by atoms with E-state index >= 15 is 0 Å². The molecule has 0 heterocycles. The van der Waals surface area contributed by atoms with Gasteiger partial charge in [0.25, 0.3) is 9.05 Å². The van der Waals surface area contributed by atoms with Gasteiger partial charge < -0.3 is 4.74 Å². The Hall–Kier alpha value is -0.670. The Bertz CT molecular complexity index is 678. The highest BCUT2D eigenvalue weighted by atomic mass is 35.7. The Morgan fingerprint density at radius 3 is 2.05 bits per heavy atom. The molecule has 0 radical (unpaired) electrons. The summed E-state index contributed by atoms with van der Waals surface area (Å²) in [6.07, 6.45) is 1.35. The van der Waals surface area contributed by atoms with Gasteiger partial charge in [-0.15, -0.1) is 0 Å². The second kappa shape index (κ2) is 5.61. The molecular formula is C11H14ClNO5S2. The van der Waals surface area contributed by atoms with Gasteiger partial charge in [-0.1, -0.05) is 0 Å². The molecular weight excluding hydrogens is 326 g/mol. The van der Waals surface area contributed by atoms with E-state index in [4.69, 9.17) is 15.4 Å². The third-order valence-electron chi connectivity index (χ3n) is 3.17. The van der Waals surface area contributed by atoms with Gasteiger partial charge in [-0.25, -0.2) is 21.6 Å². The fourth-order valence-electron chi connectivity index (χ4n) is 1.92. The molecule has 0 spiro atoms. The molecule has 0 amide bonds. The summed E-state index contributed by atoms with van der Waals surface area (Å²) in [6.45, 7) is 0. The van der Waals surface area contributed by atoms with E-state index in [1.807, 2.05) is 0 Å². The van der Waals surface area contributed by atoms with Crippen LogP contribution < -0.4 is 4.72 Å². The molecule has 1 N–H and O–H groups in total. The number of methoxy groups -OCH3 is 1. The van der Waals surface area contributed by atoms with Crippen molar-refractivity contribution < 1.29 is 21.6 Å². The van der Waals surface area contributed by atoms with Crippen LogP contribution in [0.1, 0.15) is 12.8 Å². The largest absolute Gasteiger partial charge is 0.381 e. The molecule has 1 fully saturated rings. The van der Waals surface area contributed by atoms with Gasteiger partial charge in [-0.05, 0) is 37.1 Å². The van der Waals surface area contributed by atoms with Crippen LogP contribution in [0.15, 0.2) is 34.1 Å². The zero-order valence-corrected chi connectivity index (χ0v) is 13.0. The number of nitrogens with one attached hydrogen (secondary N) is 1. The summed E-state index contributed by atoms with van der Waals surface area (Å²) >= 11 is 0. The van der Waals surface area contributed by atoms with E-state index in [0.29, 0.717) is 12.8 Å². The predicted molar refractivity (Wildman–Crippen MR) is 73.6 cm³/mol. The van der Waals surface area contributed by atoms with E-state index in [9.17, 15) is 16.8 Å². The lowest BCUT2D eigenvalue weighted by Crippen LogP contribution is -2.47. The number of hydrogen-bond donors (Lipinski definition) is 1. The van der Waals surface area contributed by atoms with Gasteiger partial charge in [0.1, 0.15) is 0 Å². The standard InChI is InChI=1S/C11H14ClNO5S2/c1-18-9-6-8(7-9)13-20(16,17)11-4-2-10(3-5-11)19(12,14)15/h2-5,8-9,13H,6-7H2,1H3. The number of rotatable bonds is 5. The van der Waals surface area contributed by atoms with Crippen molar-refractivity contribution in [1.82, 2.24) is 4.72 Å². The van der Waals surface area contributed by atoms with Crippen molar-refractivity contribution in [3.63, 3.8) is 0 Å². The van der Waals surface area contributed by atoms with E-state index in [1.54, 1.807) is 7.11 Å². The van der Waals surface area contributed by atoms with E-state index in [0.717, 1.165) is 12.1 Å². The van der Waals surface area contributed by atoms with Crippen LogP contribution in [0, 0.1) is 0 Å². The van der Waals surface area contributed by atoms with Gasteiger partial charge in [0, 0.05) is 23.8 Å². The summed E-state index contributed by atoms with van der Waals surface area (Å²) in [5.41, 5.74) is 0. The molecule has 1 aromatic carbocycles. The average Bonchev–Trinajstić information content (AvgIpc) is 2.32. The van der Waals surface area contributed by atoms with Crippen molar-refractivity contribution in [2.45, 2.75) is 34.8 Å². The second-order valence-electron chi connectivity index (χ2n) is 4.56. The highest BCUT2D eigenvalue weighted by Gasteiger charge is 2.32. The molecule has 9 heteroatoms. The van der Waals surface area contributed by atoms with Crippen molar-refractivity contribution in [2.24, 2.45) is 0 Å². The third-order valence-corrected chi connectivity index (χ3v) is 6.07. The Labute approximate surface area is 122 Å². The minimum Gasteiger partial charge on any atom is -0.381 e. The normalized spacial score (nSPS) is 23.3. The van der Waals surface area contributed by atoms with Gasteiger partial charge in [-0.2, -0.15) is 0 Å². The first-order valence-corrected chi connectivity index (χ1v) is 9.61. The van der Waals surface area contributed by atoms with Crippen LogP contribution in [0.2, 0.25) is 0 Å². The van der Waals surface area contributed by atoms with E-state index in [-0.39, 0.29) is 21.9 Å². The van der Waals surface area contributed by atoms with E-state index in [2.05, 4.69) is 4.72 Å². The lowest BCUT2D eigenvalue weighted by Gasteiger charge is -2.34. The molecule has 2 rings (SSSR count). The van der Waals surface area contributed by atoms with Crippen molar-refractivity contribution in [3.8, 4) is 0 Å². The molecule has 0 aromatic heterocycles. The van der Waals surface area contributed by atoms with Crippen molar-refractivity contribution in [1.29, 1.82) is 0 Å². The number of halogens is 1. The van der Waals surface area contributed by atoms with Gasteiger partial charge in [0.05, 0.1) is 15.9 Å². The van der Waals surface area contributed by atoms with Crippen LogP contribution in [-0.2, 0) is 23.8 Å². The molecule has 0 unspecified atom stereocenters. The molecule has 6 nitrogen and oxygen atoms in total. The maximum absolute atomic E-state index is 12.1. The number of ether oxygens (including phenoxy) is 1. The minimum absolute atomic E-state index is 0.00225. The second-order valence-corrected chi connectivity index (χ2v) is 8.84. The van der Waals surface area contributed by atoms with Gasteiger partial charge >= 0.3 is 0 Å².